The number of rotatable bonds is 6. The molecule has 6 nitrogen and oxygen atoms in total. The molecular formula is C23H26N2O4. The van der Waals surface area contributed by atoms with Crippen LogP contribution in [0.3, 0.4) is 0 Å². The minimum absolute atomic E-state index is 0.178. The van der Waals surface area contributed by atoms with Crippen LogP contribution in [0, 0.1) is 0 Å². The maximum Gasteiger partial charge on any atom is 0.325 e. The van der Waals surface area contributed by atoms with Gasteiger partial charge in [0.15, 0.2) is 6.61 Å². The lowest BCUT2D eigenvalue weighted by Crippen LogP contribution is -2.37. The van der Waals surface area contributed by atoms with Crippen LogP contribution in [0.4, 0.5) is 0 Å². The summed E-state index contributed by atoms with van der Waals surface area (Å²) in [5.41, 5.74) is 2.53. The minimum atomic E-state index is -0.623. The number of hydrogen-bond acceptors (Lipinski definition) is 4. The highest BCUT2D eigenvalue weighted by molar-refractivity contribution is 5.96. The van der Waals surface area contributed by atoms with Crippen molar-refractivity contribution in [2.45, 2.75) is 25.7 Å². The summed E-state index contributed by atoms with van der Waals surface area (Å²) in [7, 11) is 0. The van der Waals surface area contributed by atoms with Crippen molar-refractivity contribution in [2.24, 2.45) is 0 Å². The Morgan fingerprint density at radius 2 is 1.45 bits per heavy atom. The van der Waals surface area contributed by atoms with E-state index >= 15 is 0 Å². The van der Waals surface area contributed by atoms with Crippen molar-refractivity contribution in [3.05, 3.63) is 60.2 Å². The highest BCUT2D eigenvalue weighted by atomic mass is 16.5. The van der Waals surface area contributed by atoms with Crippen molar-refractivity contribution in [1.82, 2.24) is 10.2 Å². The van der Waals surface area contributed by atoms with Crippen LogP contribution >= 0.6 is 0 Å². The van der Waals surface area contributed by atoms with E-state index in [1.165, 1.54) is 0 Å². The first-order valence-corrected chi connectivity index (χ1v) is 10.0. The second-order valence-corrected chi connectivity index (χ2v) is 7.08. The van der Waals surface area contributed by atoms with Gasteiger partial charge in [-0.3, -0.25) is 14.4 Å². The first-order chi connectivity index (χ1) is 14.1. The number of hydrogen-bond donors (Lipinski definition) is 1. The fraction of sp³-hybridized carbons (Fsp3) is 0.348. The van der Waals surface area contributed by atoms with Gasteiger partial charge in [-0.05, 0) is 36.1 Å². The highest BCUT2D eigenvalue weighted by Crippen LogP contribution is 2.19. The number of likely N-dealkylation sites (tertiary alicyclic amines) is 1. The van der Waals surface area contributed by atoms with Gasteiger partial charge in [0.1, 0.15) is 6.54 Å². The Morgan fingerprint density at radius 1 is 0.828 bits per heavy atom. The van der Waals surface area contributed by atoms with Gasteiger partial charge in [0.25, 0.3) is 11.8 Å². The van der Waals surface area contributed by atoms with E-state index in [2.05, 4.69) is 5.32 Å². The number of benzene rings is 2. The second kappa shape index (κ2) is 10.4. The third-order valence-electron chi connectivity index (χ3n) is 4.96. The van der Waals surface area contributed by atoms with E-state index in [1.54, 1.807) is 17.0 Å². The molecule has 6 heteroatoms. The van der Waals surface area contributed by atoms with Crippen LogP contribution in [-0.2, 0) is 14.3 Å². The van der Waals surface area contributed by atoms with Crippen molar-refractivity contribution in [2.75, 3.05) is 26.2 Å². The Kier molecular flexibility index (Phi) is 7.39. The summed E-state index contributed by atoms with van der Waals surface area (Å²) in [6.45, 7) is 0.880. The maximum absolute atomic E-state index is 12.2. The molecular weight excluding hydrogens is 368 g/mol. The van der Waals surface area contributed by atoms with Gasteiger partial charge in [-0.15, -0.1) is 0 Å². The molecule has 0 saturated carbocycles. The van der Waals surface area contributed by atoms with E-state index in [9.17, 15) is 14.4 Å². The lowest BCUT2D eigenvalue weighted by atomic mass is 10.0. The zero-order chi connectivity index (χ0) is 20.5. The Labute approximate surface area is 170 Å². The van der Waals surface area contributed by atoms with Gasteiger partial charge in [0.05, 0.1) is 0 Å². The van der Waals surface area contributed by atoms with Gasteiger partial charge in [-0.25, -0.2) is 0 Å². The van der Waals surface area contributed by atoms with Crippen molar-refractivity contribution < 1.29 is 19.1 Å². The molecule has 29 heavy (non-hydrogen) atoms. The van der Waals surface area contributed by atoms with E-state index in [0.717, 1.165) is 36.8 Å². The van der Waals surface area contributed by atoms with Crippen LogP contribution in [0.25, 0.3) is 11.1 Å². The highest BCUT2D eigenvalue weighted by Gasteiger charge is 2.17. The van der Waals surface area contributed by atoms with Gasteiger partial charge in [0, 0.05) is 18.7 Å². The summed E-state index contributed by atoms with van der Waals surface area (Å²) in [6.07, 6.45) is 4.22. The summed E-state index contributed by atoms with van der Waals surface area (Å²) in [4.78, 5) is 38.0. The molecule has 152 valence electrons. The van der Waals surface area contributed by atoms with Crippen LogP contribution in [0.2, 0.25) is 0 Å². The molecule has 1 heterocycles. The number of nitrogens with zero attached hydrogens (tertiary/aromatic N) is 1. The van der Waals surface area contributed by atoms with E-state index in [-0.39, 0.29) is 25.0 Å². The monoisotopic (exact) mass is 394 g/mol. The average molecular weight is 394 g/mol. The number of nitrogens with one attached hydrogen (secondary N) is 1. The molecule has 1 aliphatic heterocycles. The Balaban J connectivity index is 1.42. The zero-order valence-electron chi connectivity index (χ0n) is 16.4. The number of carbonyl (C=O) groups excluding carboxylic acids is 3. The molecule has 0 radical (unpaired) electrons. The third kappa shape index (κ3) is 6.17. The molecule has 1 fully saturated rings. The Morgan fingerprint density at radius 3 is 2.10 bits per heavy atom. The molecule has 0 spiro atoms. The van der Waals surface area contributed by atoms with Crippen LogP contribution in [0.5, 0.6) is 0 Å². The topological polar surface area (TPSA) is 75.7 Å². The summed E-state index contributed by atoms with van der Waals surface area (Å²) >= 11 is 0. The first-order valence-electron chi connectivity index (χ1n) is 10.0. The molecule has 0 atom stereocenters. The Bertz CT molecular complexity index is 826. The van der Waals surface area contributed by atoms with Crippen molar-refractivity contribution in [3.8, 4) is 11.1 Å². The van der Waals surface area contributed by atoms with E-state index in [4.69, 9.17) is 4.74 Å². The Hall–Kier alpha value is -3.15. The summed E-state index contributed by atoms with van der Waals surface area (Å²) in [6, 6.07) is 17.0. The van der Waals surface area contributed by atoms with E-state index < -0.39 is 5.97 Å². The predicted octanol–water partition coefficient (Wildman–Crippen LogP) is 3.03. The third-order valence-corrected chi connectivity index (χ3v) is 4.96. The van der Waals surface area contributed by atoms with Crippen LogP contribution in [0.15, 0.2) is 54.6 Å². The summed E-state index contributed by atoms with van der Waals surface area (Å²) < 4.78 is 5.02. The van der Waals surface area contributed by atoms with Crippen molar-refractivity contribution in [1.29, 1.82) is 0 Å². The molecule has 3 rings (SSSR count). The predicted molar refractivity (Wildman–Crippen MR) is 110 cm³/mol. The smallest absolute Gasteiger partial charge is 0.325 e. The van der Waals surface area contributed by atoms with Crippen molar-refractivity contribution >= 4 is 17.8 Å². The van der Waals surface area contributed by atoms with Gasteiger partial charge in [-0.1, -0.05) is 55.3 Å². The van der Waals surface area contributed by atoms with E-state index in [0.29, 0.717) is 18.7 Å². The zero-order valence-corrected chi connectivity index (χ0v) is 16.4. The summed E-state index contributed by atoms with van der Waals surface area (Å²) in [5, 5.41) is 2.53. The van der Waals surface area contributed by atoms with E-state index in [1.807, 2.05) is 42.5 Å². The van der Waals surface area contributed by atoms with Crippen LogP contribution in [0.1, 0.15) is 36.0 Å². The normalized spacial score (nSPS) is 14.0. The maximum atomic E-state index is 12.2. The number of ether oxygens (including phenoxy) is 1. The fourth-order valence-electron chi connectivity index (χ4n) is 3.30. The summed E-state index contributed by atoms with van der Waals surface area (Å²) in [5.74, 6) is -1.16. The number of carbonyl (C=O) groups is 3. The van der Waals surface area contributed by atoms with Gasteiger partial charge in [0.2, 0.25) is 0 Å². The molecule has 0 unspecified atom stereocenters. The SMILES string of the molecule is O=C(CNC(=O)c1ccc(-c2ccccc2)cc1)OCC(=O)N1CCCCCC1. The van der Waals surface area contributed by atoms with Gasteiger partial charge >= 0.3 is 5.97 Å². The lowest BCUT2D eigenvalue weighted by Gasteiger charge is -2.19. The molecule has 0 aromatic heterocycles. The average Bonchev–Trinajstić information content (AvgIpc) is 3.06. The molecule has 2 amide bonds. The molecule has 0 aliphatic carbocycles. The quantitative estimate of drug-likeness (QED) is 0.764. The van der Waals surface area contributed by atoms with Gasteiger partial charge in [-0.2, -0.15) is 0 Å². The molecule has 1 saturated heterocycles. The van der Waals surface area contributed by atoms with Crippen LogP contribution in [-0.4, -0.2) is 48.9 Å². The molecule has 2 aromatic carbocycles. The standard InChI is InChI=1S/C23H26N2O4/c26-21(25-14-6-1-2-7-15-25)17-29-22(27)16-24-23(28)20-12-10-19(11-13-20)18-8-4-3-5-9-18/h3-5,8-13H,1-2,6-7,14-17H2,(H,24,28). The van der Waals surface area contributed by atoms with Gasteiger partial charge < -0.3 is 15.0 Å². The largest absolute Gasteiger partial charge is 0.454 e. The van der Waals surface area contributed by atoms with Crippen molar-refractivity contribution in [3.63, 3.8) is 0 Å². The first kappa shape index (κ1) is 20.6. The number of amides is 2. The van der Waals surface area contributed by atoms with Crippen LogP contribution < -0.4 is 5.32 Å². The lowest BCUT2D eigenvalue weighted by molar-refractivity contribution is -0.151. The molecule has 1 N–H and O–H groups in total. The molecule has 2 aromatic rings. The number of esters is 1. The molecule has 0 bridgehead atoms. The second-order valence-electron chi connectivity index (χ2n) is 7.08. The minimum Gasteiger partial charge on any atom is -0.454 e. The fourth-order valence-corrected chi connectivity index (χ4v) is 3.30. The molecule has 1 aliphatic rings.